The van der Waals surface area contributed by atoms with Crippen LogP contribution in [0.5, 0.6) is 0 Å². The van der Waals surface area contributed by atoms with Gasteiger partial charge in [0.1, 0.15) is 6.07 Å². The average Bonchev–Trinajstić information content (AvgIpc) is 3.16. The minimum atomic E-state index is 0.498. The van der Waals surface area contributed by atoms with Gasteiger partial charge in [0.05, 0.1) is 16.9 Å². The summed E-state index contributed by atoms with van der Waals surface area (Å²) in [4.78, 5) is 0. The number of benzene rings is 3. The zero-order valence-electron chi connectivity index (χ0n) is 14.0. The molecule has 3 aromatic carbocycles. The molecule has 0 amide bonds. The van der Waals surface area contributed by atoms with Crippen LogP contribution in [-0.4, -0.2) is 20.2 Å². The molecule has 130 valence electrons. The standard InChI is InChI=1S/C20H13ClN6/c21-17-7-5-16(13-22)19(12-17)23-10-9-20-24-25-26-27(20)18-8-6-14-3-1-2-4-15(14)11-18/h1-12,23H/b10-9+. The molecule has 0 atom stereocenters. The zero-order chi connectivity index (χ0) is 18.6. The highest BCUT2D eigenvalue weighted by molar-refractivity contribution is 6.30. The second kappa shape index (κ2) is 7.28. The first-order valence-electron chi connectivity index (χ1n) is 8.15. The van der Waals surface area contributed by atoms with E-state index < -0.39 is 0 Å². The largest absolute Gasteiger partial charge is 0.360 e. The number of tetrazole rings is 1. The second-order valence-electron chi connectivity index (χ2n) is 5.76. The smallest absolute Gasteiger partial charge is 0.181 e. The number of rotatable bonds is 4. The highest BCUT2D eigenvalue weighted by Gasteiger charge is 2.06. The predicted molar refractivity (Wildman–Crippen MR) is 105 cm³/mol. The fraction of sp³-hybridized carbons (Fsp3) is 0. The minimum absolute atomic E-state index is 0.498. The Bertz CT molecular complexity index is 1190. The van der Waals surface area contributed by atoms with Crippen molar-refractivity contribution < 1.29 is 0 Å². The van der Waals surface area contributed by atoms with E-state index in [1.165, 1.54) is 0 Å². The Morgan fingerprint density at radius 3 is 2.74 bits per heavy atom. The summed E-state index contributed by atoms with van der Waals surface area (Å²) in [5.41, 5.74) is 1.97. The number of nitrogens with one attached hydrogen (secondary N) is 1. The van der Waals surface area contributed by atoms with Gasteiger partial charge in [-0.2, -0.15) is 9.94 Å². The molecule has 4 rings (SSSR count). The Morgan fingerprint density at radius 1 is 1.04 bits per heavy atom. The Morgan fingerprint density at radius 2 is 1.89 bits per heavy atom. The van der Waals surface area contributed by atoms with Gasteiger partial charge in [-0.15, -0.1) is 5.10 Å². The molecule has 1 N–H and O–H groups in total. The van der Waals surface area contributed by atoms with E-state index in [0.29, 0.717) is 22.1 Å². The van der Waals surface area contributed by atoms with Gasteiger partial charge in [0.25, 0.3) is 0 Å². The summed E-state index contributed by atoms with van der Waals surface area (Å²) in [5, 5.41) is 26.9. The van der Waals surface area contributed by atoms with Crippen LogP contribution in [0.3, 0.4) is 0 Å². The Balaban J connectivity index is 1.61. The molecule has 1 heterocycles. The Kier molecular flexibility index (Phi) is 4.52. The molecule has 0 bridgehead atoms. The third kappa shape index (κ3) is 3.50. The molecule has 0 saturated carbocycles. The lowest BCUT2D eigenvalue weighted by atomic mass is 10.1. The molecular formula is C20H13ClN6. The lowest BCUT2D eigenvalue weighted by molar-refractivity contribution is 0.787. The number of aromatic nitrogens is 4. The summed E-state index contributed by atoms with van der Waals surface area (Å²) in [6, 6.07) is 21.3. The van der Waals surface area contributed by atoms with Crippen LogP contribution in [0.4, 0.5) is 5.69 Å². The van der Waals surface area contributed by atoms with Gasteiger partial charge in [0.2, 0.25) is 0 Å². The number of anilines is 1. The summed E-state index contributed by atoms with van der Waals surface area (Å²) in [7, 11) is 0. The van der Waals surface area contributed by atoms with Gasteiger partial charge in [0, 0.05) is 17.3 Å². The van der Waals surface area contributed by atoms with Crippen LogP contribution in [-0.2, 0) is 0 Å². The topological polar surface area (TPSA) is 79.4 Å². The molecule has 0 aliphatic rings. The summed E-state index contributed by atoms with van der Waals surface area (Å²) in [6.07, 6.45) is 3.41. The molecule has 0 fully saturated rings. The molecule has 4 aromatic rings. The summed E-state index contributed by atoms with van der Waals surface area (Å²) < 4.78 is 1.65. The van der Waals surface area contributed by atoms with Gasteiger partial charge < -0.3 is 5.32 Å². The van der Waals surface area contributed by atoms with Gasteiger partial charge in [-0.05, 0) is 51.5 Å². The van der Waals surface area contributed by atoms with Gasteiger partial charge in [-0.3, -0.25) is 0 Å². The Hall–Kier alpha value is -3.69. The van der Waals surface area contributed by atoms with Crippen LogP contribution in [0.25, 0.3) is 22.5 Å². The van der Waals surface area contributed by atoms with Crippen molar-refractivity contribution in [2.45, 2.75) is 0 Å². The second-order valence-corrected chi connectivity index (χ2v) is 6.20. The van der Waals surface area contributed by atoms with E-state index in [2.05, 4.69) is 33.0 Å². The van der Waals surface area contributed by atoms with Gasteiger partial charge in [-0.25, -0.2) is 0 Å². The molecule has 0 unspecified atom stereocenters. The van der Waals surface area contributed by atoms with Crippen LogP contribution in [0.2, 0.25) is 5.02 Å². The number of hydrogen-bond donors (Lipinski definition) is 1. The molecule has 0 spiro atoms. The van der Waals surface area contributed by atoms with E-state index in [4.69, 9.17) is 11.6 Å². The van der Waals surface area contributed by atoms with Crippen molar-refractivity contribution in [2.75, 3.05) is 5.32 Å². The van der Waals surface area contributed by atoms with Crippen molar-refractivity contribution in [1.82, 2.24) is 20.2 Å². The third-order valence-corrected chi connectivity index (χ3v) is 4.28. The number of fused-ring (bicyclic) bond motifs is 1. The first kappa shape index (κ1) is 16.8. The fourth-order valence-electron chi connectivity index (χ4n) is 2.73. The Labute approximate surface area is 160 Å². The first-order valence-corrected chi connectivity index (χ1v) is 8.53. The van der Waals surface area contributed by atoms with E-state index in [1.54, 1.807) is 35.2 Å². The molecule has 0 aliphatic carbocycles. The third-order valence-electron chi connectivity index (χ3n) is 4.04. The molecule has 0 aliphatic heterocycles. The lowest BCUT2D eigenvalue weighted by Gasteiger charge is -2.05. The van der Waals surface area contributed by atoms with Crippen LogP contribution >= 0.6 is 11.6 Å². The van der Waals surface area contributed by atoms with Crippen LogP contribution in [0, 0.1) is 11.3 Å². The van der Waals surface area contributed by atoms with E-state index in [9.17, 15) is 5.26 Å². The van der Waals surface area contributed by atoms with E-state index in [-0.39, 0.29) is 0 Å². The maximum absolute atomic E-state index is 9.18. The highest BCUT2D eigenvalue weighted by Crippen LogP contribution is 2.21. The van der Waals surface area contributed by atoms with Gasteiger partial charge in [0.15, 0.2) is 5.82 Å². The SMILES string of the molecule is N#Cc1ccc(Cl)cc1N/C=C/c1nnnn1-c1ccc2ccccc2c1. The van der Waals surface area contributed by atoms with Crippen molar-refractivity contribution in [2.24, 2.45) is 0 Å². The summed E-state index contributed by atoms with van der Waals surface area (Å²) in [6.45, 7) is 0. The van der Waals surface area contributed by atoms with Crippen molar-refractivity contribution >= 4 is 34.1 Å². The van der Waals surface area contributed by atoms with Gasteiger partial charge in [-0.1, -0.05) is 41.9 Å². The maximum atomic E-state index is 9.18. The van der Waals surface area contributed by atoms with Crippen LogP contribution in [0.15, 0.2) is 66.9 Å². The maximum Gasteiger partial charge on any atom is 0.181 e. The van der Waals surface area contributed by atoms with E-state index >= 15 is 0 Å². The molecule has 7 heteroatoms. The van der Waals surface area contributed by atoms with Gasteiger partial charge >= 0.3 is 0 Å². The predicted octanol–water partition coefficient (Wildman–Crippen LogP) is 4.42. The average molecular weight is 373 g/mol. The highest BCUT2D eigenvalue weighted by atomic mass is 35.5. The number of hydrogen-bond acceptors (Lipinski definition) is 5. The normalized spacial score (nSPS) is 11.0. The summed E-state index contributed by atoms with van der Waals surface area (Å²) >= 11 is 6.00. The van der Waals surface area contributed by atoms with E-state index in [1.807, 2.05) is 36.4 Å². The minimum Gasteiger partial charge on any atom is -0.360 e. The monoisotopic (exact) mass is 372 g/mol. The first-order chi connectivity index (χ1) is 13.2. The van der Waals surface area contributed by atoms with E-state index in [0.717, 1.165) is 16.5 Å². The molecule has 0 saturated heterocycles. The fourth-order valence-corrected chi connectivity index (χ4v) is 2.90. The number of nitriles is 1. The molecule has 0 radical (unpaired) electrons. The number of nitrogens with zero attached hydrogens (tertiary/aromatic N) is 5. The zero-order valence-corrected chi connectivity index (χ0v) is 14.8. The van der Waals surface area contributed by atoms with Crippen molar-refractivity contribution in [3.63, 3.8) is 0 Å². The quantitative estimate of drug-likeness (QED) is 0.573. The van der Waals surface area contributed by atoms with Crippen molar-refractivity contribution in [3.05, 3.63) is 83.3 Å². The molecule has 6 nitrogen and oxygen atoms in total. The van der Waals surface area contributed by atoms with Crippen molar-refractivity contribution in [1.29, 1.82) is 5.26 Å². The molecule has 27 heavy (non-hydrogen) atoms. The van der Waals surface area contributed by atoms with Crippen LogP contribution < -0.4 is 5.32 Å². The lowest BCUT2D eigenvalue weighted by Crippen LogP contribution is -2.00. The summed E-state index contributed by atoms with van der Waals surface area (Å²) in [5.74, 6) is 0.554. The van der Waals surface area contributed by atoms with Crippen molar-refractivity contribution in [3.8, 4) is 11.8 Å². The van der Waals surface area contributed by atoms with Crippen LogP contribution in [0.1, 0.15) is 11.4 Å². The molecular weight excluding hydrogens is 360 g/mol. The number of halogens is 1. The molecule has 1 aromatic heterocycles.